The van der Waals surface area contributed by atoms with Gasteiger partial charge in [0, 0.05) is 10.6 Å². The quantitative estimate of drug-likeness (QED) is 0.224. The van der Waals surface area contributed by atoms with Crippen molar-refractivity contribution in [2.24, 2.45) is 0 Å². The summed E-state index contributed by atoms with van der Waals surface area (Å²) in [5.41, 5.74) is 0.932. The van der Waals surface area contributed by atoms with Gasteiger partial charge in [-0.1, -0.05) is 53.5 Å². The average molecular weight is 502 g/mol. The molecule has 166 valence electrons. The Morgan fingerprint density at radius 2 is 1.67 bits per heavy atom. The number of halogens is 3. The molecule has 0 saturated carbocycles. The molecule has 9 heteroatoms. The lowest BCUT2D eigenvalue weighted by atomic mass is 10.2. The molecule has 0 radical (unpaired) electrons. The number of carbonyl (C=O) groups is 3. The Morgan fingerprint density at radius 1 is 0.970 bits per heavy atom. The number of amides is 2. The number of thioether (sulfide) groups is 1. The molecule has 3 aromatic rings. The van der Waals surface area contributed by atoms with Crippen molar-refractivity contribution < 1.29 is 23.5 Å². The van der Waals surface area contributed by atoms with Crippen LogP contribution in [0.25, 0.3) is 6.08 Å². The number of benzene rings is 3. The van der Waals surface area contributed by atoms with Crippen LogP contribution >= 0.6 is 35.0 Å². The largest absolute Gasteiger partial charge is 0.423 e. The summed E-state index contributed by atoms with van der Waals surface area (Å²) in [5.74, 6) is -1.44. The maximum Gasteiger partial charge on any atom is 0.345 e. The van der Waals surface area contributed by atoms with Crippen LogP contribution in [0.1, 0.15) is 21.5 Å². The van der Waals surface area contributed by atoms with Crippen molar-refractivity contribution in [3.63, 3.8) is 0 Å². The first kappa shape index (κ1) is 23.0. The zero-order chi connectivity index (χ0) is 23.5. The van der Waals surface area contributed by atoms with Gasteiger partial charge in [-0.2, -0.15) is 0 Å². The lowest BCUT2D eigenvalue weighted by Gasteiger charge is -2.14. The molecule has 1 aliphatic rings. The average Bonchev–Trinajstić information content (AvgIpc) is 3.05. The van der Waals surface area contributed by atoms with E-state index in [0.717, 1.165) is 16.7 Å². The Balaban J connectivity index is 1.47. The second-order valence-corrected chi connectivity index (χ2v) is 8.71. The molecule has 0 bridgehead atoms. The van der Waals surface area contributed by atoms with Crippen molar-refractivity contribution in [1.29, 1.82) is 0 Å². The standard InChI is InChI=1S/C24H14Cl2FNO4S/c25-18-5-2-1-4-16(18)23(30)32-15-10-8-14(9-11-15)12-21-22(29)28(24(31)33-21)13-17-19(26)6-3-7-20(17)27/h1-12H,13H2/b21-12-. The smallest absolute Gasteiger partial charge is 0.345 e. The van der Waals surface area contributed by atoms with Crippen molar-refractivity contribution in [1.82, 2.24) is 4.90 Å². The molecule has 0 N–H and O–H groups in total. The van der Waals surface area contributed by atoms with E-state index in [4.69, 9.17) is 27.9 Å². The lowest BCUT2D eigenvalue weighted by Crippen LogP contribution is -2.28. The molecule has 3 aromatic carbocycles. The fourth-order valence-corrected chi connectivity index (χ4v) is 4.32. The molecule has 1 aliphatic heterocycles. The summed E-state index contributed by atoms with van der Waals surface area (Å²) in [4.78, 5) is 38.5. The van der Waals surface area contributed by atoms with Gasteiger partial charge in [0.1, 0.15) is 11.6 Å². The molecule has 0 aromatic heterocycles. The number of hydrogen-bond acceptors (Lipinski definition) is 5. The minimum atomic E-state index is -0.596. The highest BCUT2D eigenvalue weighted by Crippen LogP contribution is 2.34. The number of hydrogen-bond donors (Lipinski definition) is 0. The summed E-state index contributed by atoms with van der Waals surface area (Å²) >= 11 is 12.8. The van der Waals surface area contributed by atoms with E-state index in [2.05, 4.69) is 0 Å². The van der Waals surface area contributed by atoms with Crippen LogP contribution in [0.4, 0.5) is 9.18 Å². The molecule has 1 heterocycles. The predicted octanol–water partition coefficient (Wildman–Crippen LogP) is 6.59. The third-order valence-electron chi connectivity index (χ3n) is 4.73. The van der Waals surface area contributed by atoms with E-state index < -0.39 is 22.9 Å². The van der Waals surface area contributed by atoms with Gasteiger partial charge in [0.05, 0.1) is 22.0 Å². The SMILES string of the molecule is O=C(Oc1ccc(/C=C2\SC(=O)N(Cc3c(F)cccc3Cl)C2=O)cc1)c1ccccc1Cl. The Kier molecular flexibility index (Phi) is 6.83. The second-order valence-electron chi connectivity index (χ2n) is 6.91. The number of ether oxygens (including phenoxy) is 1. The third kappa shape index (κ3) is 5.11. The van der Waals surface area contributed by atoms with Gasteiger partial charge in [-0.3, -0.25) is 14.5 Å². The van der Waals surface area contributed by atoms with Gasteiger partial charge in [-0.25, -0.2) is 9.18 Å². The first-order chi connectivity index (χ1) is 15.8. The molecule has 5 nitrogen and oxygen atoms in total. The Bertz CT molecular complexity index is 1270. The zero-order valence-electron chi connectivity index (χ0n) is 16.8. The molecule has 0 atom stereocenters. The molecule has 33 heavy (non-hydrogen) atoms. The minimum absolute atomic E-state index is 0.0763. The summed E-state index contributed by atoms with van der Waals surface area (Å²) in [6.07, 6.45) is 1.54. The van der Waals surface area contributed by atoms with Crippen molar-refractivity contribution in [2.45, 2.75) is 6.54 Å². The molecule has 2 amide bonds. The van der Waals surface area contributed by atoms with Crippen molar-refractivity contribution >= 4 is 58.2 Å². The number of imide groups is 1. The Morgan fingerprint density at radius 3 is 2.36 bits per heavy atom. The third-order valence-corrected chi connectivity index (χ3v) is 6.32. The summed E-state index contributed by atoms with van der Waals surface area (Å²) in [5, 5.41) is -0.0951. The van der Waals surface area contributed by atoms with E-state index in [1.807, 2.05) is 0 Å². The zero-order valence-corrected chi connectivity index (χ0v) is 19.1. The van der Waals surface area contributed by atoms with Gasteiger partial charge in [-0.05, 0) is 59.8 Å². The summed E-state index contributed by atoms with van der Waals surface area (Å²) in [7, 11) is 0. The minimum Gasteiger partial charge on any atom is -0.423 e. The van der Waals surface area contributed by atoms with Crippen LogP contribution in [0.5, 0.6) is 5.75 Å². The first-order valence-electron chi connectivity index (χ1n) is 9.58. The van der Waals surface area contributed by atoms with E-state index in [1.165, 1.54) is 24.3 Å². The van der Waals surface area contributed by atoms with Crippen LogP contribution in [-0.2, 0) is 11.3 Å². The first-order valence-corrected chi connectivity index (χ1v) is 11.2. The van der Waals surface area contributed by atoms with Gasteiger partial charge in [0.15, 0.2) is 0 Å². The van der Waals surface area contributed by atoms with Gasteiger partial charge in [-0.15, -0.1) is 0 Å². The number of carbonyl (C=O) groups excluding carboxylic acids is 3. The fourth-order valence-electron chi connectivity index (χ4n) is 3.05. The van der Waals surface area contributed by atoms with Crippen LogP contribution in [0.2, 0.25) is 10.0 Å². The highest BCUT2D eigenvalue weighted by atomic mass is 35.5. The Labute approximate surface area is 202 Å². The molecule has 0 aliphatic carbocycles. The number of nitrogens with zero attached hydrogens (tertiary/aromatic N) is 1. The molecular formula is C24H14Cl2FNO4S. The number of esters is 1. The van der Waals surface area contributed by atoms with Gasteiger partial charge in [0.25, 0.3) is 11.1 Å². The van der Waals surface area contributed by atoms with Gasteiger partial charge in [0.2, 0.25) is 0 Å². The molecule has 0 unspecified atom stereocenters. The monoisotopic (exact) mass is 501 g/mol. The van der Waals surface area contributed by atoms with Crippen LogP contribution in [0.3, 0.4) is 0 Å². The molecule has 1 saturated heterocycles. The van der Waals surface area contributed by atoms with E-state index in [0.29, 0.717) is 11.3 Å². The molecule has 4 rings (SSSR count). The number of rotatable bonds is 5. The molecular weight excluding hydrogens is 488 g/mol. The van der Waals surface area contributed by atoms with Crippen molar-refractivity contribution in [3.05, 3.63) is 104 Å². The van der Waals surface area contributed by atoms with E-state index in [1.54, 1.807) is 48.5 Å². The van der Waals surface area contributed by atoms with Crippen LogP contribution in [0, 0.1) is 5.82 Å². The van der Waals surface area contributed by atoms with Crippen LogP contribution in [0.15, 0.2) is 71.6 Å². The normalized spacial score (nSPS) is 14.8. The summed E-state index contributed by atoms with van der Waals surface area (Å²) in [6, 6.07) is 17.1. The van der Waals surface area contributed by atoms with Gasteiger partial charge >= 0.3 is 5.97 Å². The predicted molar refractivity (Wildman–Crippen MR) is 126 cm³/mol. The topological polar surface area (TPSA) is 63.7 Å². The van der Waals surface area contributed by atoms with Crippen molar-refractivity contribution in [2.75, 3.05) is 0 Å². The van der Waals surface area contributed by atoms with Crippen LogP contribution < -0.4 is 4.74 Å². The highest BCUT2D eigenvalue weighted by molar-refractivity contribution is 8.18. The van der Waals surface area contributed by atoms with Crippen molar-refractivity contribution in [3.8, 4) is 5.75 Å². The highest BCUT2D eigenvalue weighted by Gasteiger charge is 2.35. The molecule has 1 fully saturated rings. The second kappa shape index (κ2) is 9.79. The maximum absolute atomic E-state index is 14.1. The van der Waals surface area contributed by atoms with E-state index in [9.17, 15) is 18.8 Å². The lowest BCUT2D eigenvalue weighted by molar-refractivity contribution is -0.123. The van der Waals surface area contributed by atoms with Crippen LogP contribution in [-0.4, -0.2) is 22.0 Å². The fraction of sp³-hybridized carbons (Fsp3) is 0.0417. The summed E-state index contributed by atoms with van der Waals surface area (Å²) in [6.45, 7) is -0.259. The summed E-state index contributed by atoms with van der Waals surface area (Å²) < 4.78 is 19.4. The van der Waals surface area contributed by atoms with E-state index in [-0.39, 0.29) is 32.6 Å². The molecule has 0 spiro atoms. The van der Waals surface area contributed by atoms with E-state index >= 15 is 0 Å². The Hall–Kier alpha value is -3.13. The maximum atomic E-state index is 14.1. The van der Waals surface area contributed by atoms with Gasteiger partial charge < -0.3 is 4.74 Å².